The van der Waals surface area contributed by atoms with Crippen LogP contribution >= 0.6 is 11.3 Å². The van der Waals surface area contributed by atoms with E-state index in [4.69, 9.17) is 5.84 Å². The maximum atomic E-state index is 5.90. The van der Waals surface area contributed by atoms with Crippen molar-refractivity contribution in [3.05, 3.63) is 22.4 Å². The number of hydrogen-bond donors (Lipinski definition) is 2. The van der Waals surface area contributed by atoms with Crippen LogP contribution in [0.5, 0.6) is 0 Å². The minimum atomic E-state index is 0.163. The van der Waals surface area contributed by atoms with E-state index in [9.17, 15) is 0 Å². The van der Waals surface area contributed by atoms with Crippen molar-refractivity contribution in [1.82, 2.24) is 10.3 Å². The summed E-state index contributed by atoms with van der Waals surface area (Å²) in [5.74, 6) is 5.90. The third-order valence-corrected chi connectivity index (χ3v) is 5.33. The standard InChI is InChI=1S/C14H25N3S/c1-17(2)14(9-5-3-4-6-10-14)13(16-15)12-8-7-11-18-12/h7-8,11,13,16H,3-6,9-10,15H2,1-2H3. The van der Waals surface area contributed by atoms with Crippen LogP contribution in [-0.4, -0.2) is 24.5 Å². The lowest BCUT2D eigenvalue weighted by molar-refractivity contribution is 0.0815. The molecule has 1 atom stereocenters. The SMILES string of the molecule is CN(C)C1(C(NN)c2cccs2)CCCCCC1. The third kappa shape index (κ3) is 2.62. The van der Waals surface area contributed by atoms with Crippen molar-refractivity contribution in [3.8, 4) is 0 Å². The zero-order chi connectivity index (χ0) is 13.0. The molecule has 0 spiro atoms. The van der Waals surface area contributed by atoms with Crippen LogP contribution in [0.15, 0.2) is 17.5 Å². The maximum Gasteiger partial charge on any atom is 0.0736 e. The third-order valence-electron chi connectivity index (χ3n) is 4.39. The van der Waals surface area contributed by atoms with Crippen molar-refractivity contribution < 1.29 is 0 Å². The molecule has 1 aliphatic rings. The number of hydrazine groups is 1. The largest absolute Gasteiger partial charge is 0.302 e. The lowest BCUT2D eigenvalue weighted by Gasteiger charge is -2.45. The molecule has 1 saturated carbocycles. The van der Waals surface area contributed by atoms with Crippen molar-refractivity contribution in [1.29, 1.82) is 0 Å². The zero-order valence-corrected chi connectivity index (χ0v) is 12.3. The summed E-state index contributed by atoms with van der Waals surface area (Å²) in [6.07, 6.45) is 7.79. The number of likely N-dealkylation sites (N-methyl/N-ethyl adjacent to an activating group) is 1. The molecule has 0 aromatic carbocycles. The monoisotopic (exact) mass is 267 g/mol. The van der Waals surface area contributed by atoms with E-state index in [0.717, 1.165) is 0 Å². The molecule has 3 N–H and O–H groups in total. The summed E-state index contributed by atoms with van der Waals surface area (Å²) in [6, 6.07) is 4.56. The number of nitrogens with one attached hydrogen (secondary N) is 1. The normalized spacial score (nSPS) is 21.8. The van der Waals surface area contributed by atoms with Crippen LogP contribution in [0.2, 0.25) is 0 Å². The van der Waals surface area contributed by atoms with Gasteiger partial charge in [-0.15, -0.1) is 11.3 Å². The summed E-state index contributed by atoms with van der Waals surface area (Å²) in [4.78, 5) is 3.75. The van der Waals surface area contributed by atoms with Crippen LogP contribution in [0.25, 0.3) is 0 Å². The summed E-state index contributed by atoms with van der Waals surface area (Å²) < 4.78 is 0. The first-order valence-corrected chi connectivity index (χ1v) is 7.75. The van der Waals surface area contributed by atoms with Gasteiger partial charge in [0, 0.05) is 10.4 Å². The van der Waals surface area contributed by atoms with E-state index in [0.29, 0.717) is 0 Å². The van der Waals surface area contributed by atoms with E-state index in [2.05, 4.69) is 41.9 Å². The van der Waals surface area contributed by atoms with Crippen LogP contribution in [-0.2, 0) is 0 Å². The molecule has 1 fully saturated rings. The van der Waals surface area contributed by atoms with Gasteiger partial charge in [-0.1, -0.05) is 31.7 Å². The number of nitrogens with two attached hydrogens (primary N) is 1. The second-order valence-electron chi connectivity index (χ2n) is 5.53. The van der Waals surface area contributed by atoms with Gasteiger partial charge in [0.15, 0.2) is 0 Å². The van der Waals surface area contributed by atoms with Gasteiger partial charge in [0.25, 0.3) is 0 Å². The average Bonchev–Trinajstić information content (AvgIpc) is 2.75. The minimum absolute atomic E-state index is 0.163. The fourth-order valence-corrected chi connectivity index (χ4v) is 4.19. The Kier molecular flexibility index (Phi) is 4.78. The van der Waals surface area contributed by atoms with Crippen LogP contribution < -0.4 is 11.3 Å². The van der Waals surface area contributed by atoms with Crippen LogP contribution in [0.3, 0.4) is 0 Å². The molecule has 1 aromatic rings. The van der Waals surface area contributed by atoms with Crippen molar-refractivity contribution in [2.24, 2.45) is 5.84 Å². The Balaban J connectivity index is 2.32. The molecule has 1 aromatic heterocycles. The molecule has 102 valence electrons. The van der Waals surface area contributed by atoms with Crippen molar-refractivity contribution in [2.45, 2.75) is 50.1 Å². The molecule has 2 rings (SSSR count). The molecule has 0 bridgehead atoms. The summed E-state index contributed by atoms with van der Waals surface area (Å²) in [5, 5.41) is 2.14. The van der Waals surface area contributed by atoms with E-state index in [-0.39, 0.29) is 11.6 Å². The Morgan fingerprint density at radius 2 is 1.94 bits per heavy atom. The van der Waals surface area contributed by atoms with Gasteiger partial charge in [-0.05, 0) is 38.4 Å². The molecule has 3 nitrogen and oxygen atoms in total. The Bertz CT molecular complexity index is 340. The summed E-state index contributed by atoms with van der Waals surface area (Å²) in [6.45, 7) is 0. The Labute approximate surface area is 114 Å². The molecule has 1 aliphatic carbocycles. The number of rotatable bonds is 4. The first-order chi connectivity index (χ1) is 8.70. The quantitative estimate of drug-likeness (QED) is 0.501. The van der Waals surface area contributed by atoms with Gasteiger partial charge in [0.05, 0.1) is 6.04 Å². The molecule has 4 heteroatoms. The van der Waals surface area contributed by atoms with E-state index >= 15 is 0 Å². The van der Waals surface area contributed by atoms with Crippen LogP contribution in [0, 0.1) is 0 Å². The lowest BCUT2D eigenvalue weighted by atomic mass is 9.81. The van der Waals surface area contributed by atoms with E-state index in [1.54, 1.807) is 11.3 Å². The molecule has 0 radical (unpaired) electrons. The highest BCUT2D eigenvalue weighted by Crippen LogP contribution is 2.41. The number of thiophene rings is 1. The molecule has 0 amide bonds. The van der Waals surface area contributed by atoms with Crippen LogP contribution in [0.4, 0.5) is 0 Å². The molecule has 0 aliphatic heterocycles. The Hall–Kier alpha value is -0.420. The van der Waals surface area contributed by atoms with E-state index in [1.807, 2.05) is 0 Å². The number of nitrogens with zero attached hydrogens (tertiary/aromatic N) is 1. The number of hydrogen-bond acceptors (Lipinski definition) is 4. The zero-order valence-electron chi connectivity index (χ0n) is 11.5. The molecule has 18 heavy (non-hydrogen) atoms. The Morgan fingerprint density at radius 3 is 2.39 bits per heavy atom. The minimum Gasteiger partial charge on any atom is -0.302 e. The highest BCUT2D eigenvalue weighted by atomic mass is 32.1. The molecule has 1 heterocycles. The smallest absolute Gasteiger partial charge is 0.0736 e. The maximum absolute atomic E-state index is 5.90. The average molecular weight is 267 g/mol. The summed E-state index contributed by atoms with van der Waals surface area (Å²) >= 11 is 1.80. The predicted octanol–water partition coefficient (Wildman–Crippen LogP) is 2.91. The van der Waals surface area contributed by atoms with Gasteiger partial charge >= 0.3 is 0 Å². The lowest BCUT2D eigenvalue weighted by Crippen LogP contribution is -2.54. The first kappa shape index (κ1) is 14.0. The summed E-state index contributed by atoms with van der Waals surface area (Å²) in [5.41, 5.74) is 3.26. The van der Waals surface area contributed by atoms with Gasteiger partial charge in [0.1, 0.15) is 0 Å². The highest BCUT2D eigenvalue weighted by molar-refractivity contribution is 7.10. The van der Waals surface area contributed by atoms with Crippen molar-refractivity contribution in [2.75, 3.05) is 14.1 Å². The summed E-state index contributed by atoms with van der Waals surface area (Å²) in [7, 11) is 4.40. The predicted molar refractivity (Wildman–Crippen MR) is 78.5 cm³/mol. The van der Waals surface area contributed by atoms with Crippen LogP contribution in [0.1, 0.15) is 49.4 Å². The molecule has 1 unspecified atom stereocenters. The molecular weight excluding hydrogens is 242 g/mol. The topological polar surface area (TPSA) is 41.3 Å². The second-order valence-corrected chi connectivity index (χ2v) is 6.51. The van der Waals surface area contributed by atoms with Gasteiger partial charge in [0.2, 0.25) is 0 Å². The fraction of sp³-hybridized carbons (Fsp3) is 0.714. The Morgan fingerprint density at radius 1 is 1.28 bits per heavy atom. The van der Waals surface area contributed by atoms with Crippen molar-refractivity contribution in [3.63, 3.8) is 0 Å². The molecular formula is C14H25N3S. The molecule has 0 saturated heterocycles. The second kappa shape index (κ2) is 6.15. The van der Waals surface area contributed by atoms with Crippen molar-refractivity contribution >= 4 is 11.3 Å². The van der Waals surface area contributed by atoms with E-state index in [1.165, 1.54) is 43.4 Å². The van der Waals surface area contributed by atoms with Gasteiger partial charge in [-0.2, -0.15) is 0 Å². The van der Waals surface area contributed by atoms with Gasteiger partial charge < -0.3 is 4.90 Å². The highest BCUT2D eigenvalue weighted by Gasteiger charge is 2.41. The van der Waals surface area contributed by atoms with E-state index < -0.39 is 0 Å². The fourth-order valence-electron chi connectivity index (χ4n) is 3.29. The van der Waals surface area contributed by atoms with Gasteiger partial charge in [-0.3, -0.25) is 11.3 Å². The van der Waals surface area contributed by atoms with Gasteiger partial charge in [-0.25, -0.2) is 0 Å². The first-order valence-electron chi connectivity index (χ1n) is 6.88.